The van der Waals surface area contributed by atoms with Gasteiger partial charge in [0.25, 0.3) is 5.91 Å². The van der Waals surface area contributed by atoms with E-state index in [0.29, 0.717) is 13.1 Å². The second kappa shape index (κ2) is 6.37. The van der Waals surface area contributed by atoms with E-state index in [1.165, 1.54) is 5.56 Å². The standard InChI is InChI=1S/C21H22N2O2/c1-25-21(18-5-3-2-4-6-18)10-13-23(14-11-21)20(24)17-7-8-19-16(15-17)9-12-22-19/h2-9,12,15,22H,10-11,13-14H2,1H3. The van der Waals surface area contributed by atoms with E-state index in [2.05, 4.69) is 17.1 Å². The summed E-state index contributed by atoms with van der Waals surface area (Å²) in [6.45, 7) is 1.40. The highest BCUT2D eigenvalue weighted by Gasteiger charge is 2.37. The molecule has 1 saturated heterocycles. The summed E-state index contributed by atoms with van der Waals surface area (Å²) in [6.07, 6.45) is 3.52. The number of amides is 1. The van der Waals surface area contributed by atoms with Gasteiger partial charge < -0.3 is 14.6 Å². The summed E-state index contributed by atoms with van der Waals surface area (Å²) in [6, 6.07) is 18.1. The number of aromatic nitrogens is 1. The molecule has 0 bridgehead atoms. The Balaban J connectivity index is 1.51. The number of nitrogens with one attached hydrogen (secondary N) is 1. The molecule has 1 aliphatic rings. The molecule has 4 rings (SSSR count). The number of carbonyl (C=O) groups is 1. The molecule has 1 fully saturated rings. The third-order valence-corrected chi connectivity index (χ3v) is 5.35. The van der Waals surface area contributed by atoms with Crippen LogP contribution in [0.5, 0.6) is 0 Å². The van der Waals surface area contributed by atoms with Crippen LogP contribution in [0, 0.1) is 0 Å². The second-order valence-corrected chi connectivity index (χ2v) is 6.64. The van der Waals surface area contributed by atoms with E-state index in [-0.39, 0.29) is 11.5 Å². The number of aromatic amines is 1. The fourth-order valence-corrected chi connectivity index (χ4v) is 3.79. The topological polar surface area (TPSA) is 45.3 Å². The highest BCUT2D eigenvalue weighted by atomic mass is 16.5. The predicted molar refractivity (Wildman–Crippen MR) is 98.6 cm³/mol. The number of ether oxygens (including phenoxy) is 1. The fourth-order valence-electron chi connectivity index (χ4n) is 3.79. The Bertz CT molecular complexity index is 877. The van der Waals surface area contributed by atoms with Gasteiger partial charge in [0.15, 0.2) is 0 Å². The molecular weight excluding hydrogens is 312 g/mol. The van der Waals surface area contributed by atoms with Crippen LogP contribution in [0.3, 0.4) is 0 Å². The number of H-pyrrole nitrogens is 1. The van der Waals surface area contributed by atoms with Gasteiger partial charge in [-0.15, -0.1) is 0 Å². The van der Waals surface area contributed by atoms with Crippen LogP contribution in [-0.4, -0.2) is 36.0 Å². The van der Waals surface area contributed by atoms with Crippen LogP contribution < -0.4 is 0 Å². The van der Waals surface area contributed by atoms with Gasteiger partial charge in [-0.05, 0) is 42.7 Å². The first-order chi connectivity index (χ1) is 12.2. The highest BCUT2D eigenvalue weighted by Crippen LogP contribution is 2.36. The van der Waals surface area contributed by atoms with Crippen molar-refractivity contribution in [2.45, 2.75) is 18.4 Å². The van der Waals surface area contributed by atoms with Gasteiger partial charge in [0.1, 0.15) is 0 Å². The first-order valence-corrected chi connectivity index (χ1v) is 8.69. The van der Waals surface area contributed by atoms with Gasteiger partial charge in [0, 0.05) is 42.9 Å². The van der Waals surface area contributed by atoms with Crippen LogP contribution >= 0.6 is 0 Å². The van der Waals surface area contributed by atoms with Crippen LogP contribution in [0.2, 0.25) is 0 Å². The van der Waals surface area contributed by atoms with E-state index < -0.39 is 0 Å². The molecule has 0 saturated carbocycles. The Morgan fingerprint density at radius 1 is 1.08 bits per heavy atom. The fraction of sp³-hybridized carbons (Fsp3) is 0.286. The zero-order chi connectivity index (χ0) is 17.3. The maximum absolute atomic E-state index is 12.9. The summed E-state index contributed by atoms with van der Waals surface area (Å²) in [5.41, 5.74) is 2.70. The van der Waals surface area contributed by atoms with Crippen molar-refractivity contribution in [1.29, 1.82) is 0 Å². The van der Waals surface area contributed by atoms with Gasteiger partial charge in [0.05, 0.1) is 5.60 Å². The number of rotatable bonds is 3. The van der Waals surface area contributed by atoms with Gasteiger partial charge >= 0.3 is 0 Å². The number of hydrogen-bond acceptors (Lipinski definition) is 2. The monoisotopic (exact) mass is 334 g/mol. The molecule has 0 atom stereocenters. The molecule has 1 aromatic heterocycles. The van der Waals surface area contributed by atoms with Gasteiger partial charge in [-0.2, -0.15) is 0 Å². The van der Waals surface area contributed by atoms with Crippen LogP contribution in [-0.2, 0) is 10.3 Å². The highest BCUT2D eigenvalue weighted by molar-refractivity contribution is 5.98. The molecule has 0 unspecified atom stereocenters. The lowest BCUT2D eigenvalue weighted by Crippen LogP contribution is -2.46. The normalized spacial score (nSPS) is 16.9. The van der Waals surface area contributed by atoms with Crippen LogP contribution in [0.25, 0.3) is 10.9 Å². The van der Waals surface area contributed by atoms with Crippen LogP contribution in [0.1, 0.15) is 28.8 Å². The summed E-state index contributed by atoms with van der Waals surface area (Å²) < 4.78 is 5.90. The number of hydrogen-bond donors (Lipinski definition) is 1. The lowest BCUT2D eigenvalue weighted by atomic mass is 9.84. The van der Waals surface area contributed by atoms with Crippen LogP contribution in [0.4, 0.5) is 0 Å². The number of methoxy groups -OCH3 is 1. The molecule has 1 N–H and O–H groups in total. The van der Waals surface area contributed by atoms with E-state index in [9.17, 15) is 4.79 Å². The molecule has 2 heterocycles. The Morgan fingerprint density at radius 2 is 1.84 bits per heavy atom. The summed E-state index contributed by atoms with van der Waals surface area (Å²) in [5, 5.41) is 1.07. The van der Waals surface area contributed by atoms with E-state index in [4.69, 9.17) is 4.74 Å². The van der Waals surface area contributed by atoms with Gasteiger partial charge in [0.2, 0.25) is 0 Å². The van der Waals surface area contributed by atoms with Crippen molar-refractivity contribution in [3.05, 3.63) is 71.9 Å². The quantitative estimate of drug-likeness (QED) is 0.788. The number of likely N-dealkylation sites (tertiary alicyclic amines) is 1. The molecular formula is C21H22N2O2. The largest absolute Gasteiger partial charge is 0.373 e. The molecule has 25 heavy (non-hydrogen) atoms. The summed E-state index contributed by atoms with van der Waals surface area (Å²) in [5.74, 6) is 0.0980. The zero-order valence-electron chi connectivity index (χ0n) is 14.4. The summed E-state index contributed by atoms with van der Waals surface area (Å²) >= 11 is 0. The summed E-state index contributed by atoms with van der Waals surface area (Å²) in [4.78, 5) is 18.0. The predicted octanol–water partition coefficient (Wildman–Crippen LogP) is 3.95. The molecule has 0 aliphatic carbocycles. The minimum atomic E-state index is -0.289. The van der Waals surface area contributed by atoms with Crippen molar-refractivity contribution in [2.75, 3.05) is 20.2 Å². The number of carbonyl (C=O) groups excluding carboxylic acids is 1. The molecule has 1 aliphatic heterocycles. The van der Waals surface area contributed by atoms with E-state index >= 15 is 0 Å². The van der Waals surface area contributed by atoms with Crippen molar-refractivity contribution in [1.82, 2.24) is 9.88 Å². The SMILES string of the molecule is COC1(c2ccccc2)CCN(C(=O)c2ccc3[nH]ccc3c2)CC1. The van der Waals surface area contributed by atoms with Crippen molar-refractivity contribution < 1.29 is 9.53 Å². The molecule has 2 aromatic carbocycles. The molecule has 3 aromatic rings. The van der Waals surface area contributed by atoms with Crippen molar-refractivity contribution in [3.63, 3.8) is 0 Å². The number of fused-ring (bicyclic) bond motifs is 1. The Morgan fingerprint density at radius 3 is 2.56 bits per heavy atom. The smallest absolute Gasteiger partial charge is 0.253 e. The molecule has 0 radical (unpaired) electrons. The lowest BCUT2D eigenvalue weighted by molar-refractivity contribution is -0.0574. The van der Waals surface area contributed by atoms with Crippen molar-refractivity contribution >= 4 is 16.8 Å². The Kier molecular flexibility index (Phi) is 4.06. The maximum atomic E-state index is 12.9. The molecule has 4 heteroatoms. The van der Waals surface area contributed by atoms with Gasteiger partial charge in [-0.25, -0.2) is 0 Å². The molecule has 4 nitrogen and oxygen atoms in total. The number of piperidine rings is 1. The minimum Gasteiger partial charge on any atom is -0.373 e. The molecule has 1 amide bonds. The third kappa shape index (κ3) is 2.83. The average Bonchev–Trinajstić information content (AvgIpc) is 3.16. The van der Waals surface area contributed by atoms with Crippen molar-refractivity contribution in [2.24, 2.45) is 0 Å². The van der Waals surface area contributed by atoms with Gasteiger partial charge in [-0.3, -0.25) is 4.79 Å². The molecule has 128 valence electrons. The average molecular weight is 334 g/mol. The summed E-state index contributed by atoms with van der Waals surface area (Å²) in [7, 11) is 1.77. The van der Waals surface area contributed by atoms with E-state index in [1.807, 2.05) is 53.6 Å². The lowest BCUT2D eigenvalue weighted by Gasteiger charge is -2.41. The Labute approximate surface area is 147 Å². The zero-order valence-corrected chi connectivity index (χ0v) is 14.4. The van der Waals surface area contributed by atoms with E-state index in [1.54, 1.807) is 7.11 Å². The van der Waals surface area contributed by atoms with Gasteiger partial charge in [-0.1, -0.05) is 30.3 Å². The first kappa shape index (κ1) is 15.9. The van der Waals surface area contributed by atoms with E-state index in [0.717, 1.165) is 29.3 Å². The van der Waals surface area contributed by atoms with Crippen molar-refractivity contribution in [3.8, 4) is 0 Å². The number of benzene rings is 2. The molecule has 0 spiro atoms. The minimum absolute atomic E-state index is 0.0980. The second-order valence-electron chi connectivity index (χ2n) is 6.64. The third-order valence-electron chi connectivity index (χ3n) is 5.35. The van der Waals surface area contributed by atoms with Crippen LogP contribution in [0.15, 0.2) is 60.8 Å². The Hall–Kier alpha value is -2.59. The number of nitrogens with zero attached hydrogens (tertiary/aromatic N) is 1. The first-order valence-electron chi connectivity index (χ1n) is 8.69. The maximum Gasteiger partial charge on any atom is 0.253 e.